The summed E-state index contributed by atoms with van der Waals surface area (Å²) in [7, 11) is 2.02. The van der Waals surface area contributed by atoms with E-state index in [4.69, 9.17) is 5.84 Å². The van der Waals surface area contributed by atoms with Crippen LogP contribution in [0.1, 0.15) is 19.8 Å². The molecule has 1 aliphatic carbocycles. The van der Waals surface area contributed by atoms with E-state index in [2.05, 4.69) is 16.7 Å². The molecule has 82 valence electrons. The molecule has 1 aliphatic rings. The lowest BCUT2D eigenvalue weighted by atomic mass is 10.3. The minimum Gasteiger partial charge on any atom is -0.356 e. The molecule has 1 saturated carbocycles. The third-order valence-corrected chi connectivity index (χ3v) is 2.69. The molecule has 2 unspecified atom stereocenters. The minimum atomic E-state index is -0.316. The number of rotatable bonds is 6. The van der Waals surface area contributed by atoms with E-state index in [0.29, 0.717) is 6.42 Å². The normalized spacial score (nSPS) is 25.1. The Morgan fingerprint density at radius 3 is 2.86 bits per heavy atom. The second kappa shape index (κ2) is 5.29. The zero-order chi connectivity index (χ0) is 10.6. The average Bonchev–Trinajstić information content (AvgIpc) is 2.79. The monoisotopic (exact) mass is 201 g/mol. The van der Waals surface area contributed by atoms with Gasteiger partial charge in [-0.25, -0.2) is 5.84 Å². The lowest BCUT2D eigenvalue weighted by molar-refractivity contribution is -0.151. The molecule has 3 N–H and O–H groups in total. The highest BCUT2D eigenvalue weighted by Gasteiger charge is 2.32. The van der Waals surface area contributed by atoms with Gasteiger partial charge in [-0.15, -0.1) is 0 Å². The summed E-state index contributed by atoms with van der Waals surface area (Å²) in [5.41, 5.74) is 1.88. The fourth-order valence-electron chi connectivity index (χ4n) is 1.54. The van der Waals surface area contributed by atoms with Gasteiger partial charge in [-0.2, -0.15) is 0 Å². The van der Waals surface area contributed by atoms with Gasteiger partial charge in [-0.05, 0) is 25.3 Å². The Morgan fingerprint density at radius 2 is 2.36 bits per heavy atom. The SMILES string of the molecule is CC1CC1CN(C)CCC(=O)ONN. The molecule has 0 spiro atoms. The lowest BCUT2D eigenvalue weighted by Gasteiger charge is -2.15. The van der Waals surface area contributed by atoms with E-state index in [1.807, 2.05) is 12.6 Å². The molecular formula is C9H19N3O2. The molecule has 0 amide bonds. The molecule has 14 heavy (non-hydrogen) atoms. The Morgan fingerprint density at radius 1 is 1.71 bits per heavy atom. The number of nitrogens with two attached hydrogens (primary N) is 1. The summed E-state index contributed by atoms with van der Waals surface area (Å²) in [6, 6.07) is 0. The maximum absolute atomic E-state index is 10.9. The summed E-state index contributed by atoms with van der Waals surface area (Å²) in [6.45, 7) is 4.05. The number of hydrogen-bond acceptors (Lipinski definition) is 5. The number of carbonyl (C=O) groups is 1. The first-order chi connectivity index (χ1) is 6.63. The van der Waals surface area contributed by atoms with Crippen molar-refractivity contribution in [1.82, 2.24) is 10.5 Å². The van der Waals surface area contributed by atoms with E-state index in [1.165, 1.54) is 6.42 Å². The van der Waals surface area contributed by atoms with Crippen LogP contribution in [-0.4, -0.2) is 31.0 Å². The lowest BCUT2D eigenvalue weighted by Crippen LogP contribution is -2.29. The van der Waals surface area contributed by atoms with Crippen LogP contribution in [0.5, 0.6) is 0 Å². The van der Waals surface area contributed by atoms with E-state index >= 15 is 0 Å². The number of nitrogens with zero attached hydrogens (tertiary/aromatic N) is 1. The number of hydrogen-bond donors (Lipinski definition) is 2. The standard InChI is InChI=1S/C9H19N3O2/c1-7-5-8(7)6-12(2)4-3-9(13)14-11-10/h7-8,11H,3-6,10H2,1-2H3. The molecule has 0 heterocycles. The summed E-state index contributed by atoms with van der Waals surface area (Å²) in [5, 5.41) is 0. The fourth-order valence-corrected chi connectivity index (χ4v) is 1.54. The first-order valence-corrected chi connectivity index (χ1v) is 4.97. The summed E-state index contributed by atoms with van der Waals surface area (Å²) < 4.78 is 0. The van der Waals surface area contributed by atoms with Gasteiger partial charge in [0, 0.05) is 13.1 Å². The predicted molar refractivity (Wildman–Crippen MR) is 52.8 cm³/mol. The molecule has 0 aromatic heterocycles. The van der Waals surface area contributed by atoms with Crippen LogP contribution in [-0.2, 0) is 9.63 Å². The van der Waals surface area contributed by atoms with Crippen molar-refractivity contribution in [3.05, 3.63) is 0 Å². The molecule has 5 heteroatoms. The van der Waals surface area contributed by atoms with Gasteiger partial charge in [-0.1, -0.05) is 12.5 Å². The Hall–Kier alpha value is -0.650. The largest absolute Gasteiger partial charge is 0.356 e. The summed E-state index contributed by atoms with van der Waals surface area (Å²) >= 11 is 0. The summed E-state index contributed by atoms with van der Waals surface area (Å²) in [4.78, 5) is 17.5. The van der Waals surface area contributed by atoms with Crippen LogP contribution in [0.3, 0.4) is 0 Å². The van der Waals surface area contributed by atoms with Crippen molar-refractivity contribution in [3.63, 3.8) is 0 Å². The molecule has 0 aromatic rings. The van der Waals surface area contributed by atoms with Crippen LogP contribution < -0.4 is 11.4 Å². The van der Waals surface area contributed by atoms with Crippen molar-refractivity contribution in [1.29, 1.82) is 0 Å². The number of nitrogens with one attached hydrogen (secondary N) is 1. The maximum atomic E-state index is 10.9. The molecule has 0 radical (unpaired) electrons. The first kappa shape index (κ1) is 11.4. The second-order valence-corrected chi connectivity index (χ2v) is 4.08. The number of carbonyl (C=O) groups excluding carboxylic acids is 1. The Balaban J connectivity index is 2.02. The zero-order valence-electron chi connectivity index (χ0n) is 8.82. The zero-order valence-corrected chi connectivity index (χ0v) is 8.82. The first-order valence-electron chi connectivity index (χ1n) is 4.97. The second-order valence-electron chi connectivity index (χ2n) is 4.08. The maximum Gasteiger partial charge on any atom is 0.327 e. The van der Waals surface area contributed by atoms with Crippen molar-refractivity contribution in [2.75, 3.05) is 20.1 Å². The third-order valence-electron chi connectivity index (χ3n) is 2.69. The van der Waals surface area contributed by atoms with Gasteiger partial charge in [0.1, 0.15) is 0 Å². The Labute approximate surface area is 84.5 Å². The van der Waals surface area contributed by atoms with Gasteiger partial charge in [-0.3, -0.25) is 4.79 Å². The van der Waals surface area contributed by atoms with Gasteiger partial charge in [0.15, 0.2) is 0 Å². The molecule has 1 rings (SSSR count). The van der Waals surface area contributed by atoms with Crippen molar-refractivity contribution < 1.29 is 9.63 Å². The van der Waals surface area contributed by atoms with Gasteiger partial charge in [0.05, 0.1) is 6.42 Å². The van der Waals surface area contributed by atoms with E-state index in [9.17, 15) is 4.79 Å². The molecule has 1 fully saturated rings. The van der Waals surface area contributed by atoms with Crippen molar-refractivity contribution in [2.45, 2.75) is 19.8 Å². The van der Waals surface area contributed by atoms with Crippen molar-refractivity contribution >= 4 is 5.97 Å². The van der Waals surface area contributed by atoms with Crippen LogP contribution in [0.15, 0.2) is 0 Å². The smallest absolute Gasteiger partial charge is 0.327 e. The highest BCUT2D eigenvalue weighted by atomic mass is 16.7. The quantitative estimate of drug-likeness (QED) is 0.463. The molecule has 0 aromatic carbocycles. The van der Waals surface area contributed by atoms with Crippen LogP contribution in [0.25, 0.3) is 0 Å². The van der Waals surface area contributed by atoms with Crippen molar-refractivity contribution in [2.24, 2.45) is 17.7 Å². The molecule has 5 nitrogen and oxygen atoms in total. The molecule has 0 bridgehead atoms. The van der Waals surface area contributed by atoms with Gasteiger partial charge in [0.25, 0.3) is 0 Å². The van der Waals surface area contributed by atoms with E-state index in [-0.39, 0.29) is 5.97 Å². The molecular weight excluding hydrogens is 182 g/mol. The topological polar surface area (TPSA) is 67.6 Å². The van der Waals surface area contributed by atoms with Gasteiger partial charge >= 0.3 is 5.97 Å². The highest BCUT2D eigenvalue weighted by molar-refractivity contribution is 5.69. The van der Waals surface area contributed by atoms with Crippen LogP contribution in [0.4, 0.5) is 0 Å². The van der Waals surface area contributed by atoms with E-state index in [1.54, 1.807) is 0 Å². The molecule has 0 saturated heterocycles. The van der Waals surface area contributed by atoms with Crippen LogP contribution in [0, 0.1) is 11.8 Å². The van der Waals surface area contributed by atoms with Gasteiger partial charge < -0.3 is 9.74 Å². The average molecular weight is 201 g/mol. The summed E-state index contributed by atoms with van der Waals surface area (Å²) in [5.74, 6) is 6.20. The predicted octanol–water partition coefficient (Wildman–Crippen LogP) is -0.114. The summed E-state index contributed by atoms with van der Waals surface area (Å²) in [6.07, 6.45) is 1.70. The number of hydrazine groups is 1. The molecule has 0 aliphatic heterocycles. The van der Waals surface area contributed by atoms with E-state index < -0.39 is 0 Å². The fraction of sp³-hybridized carbons (Fsp3) is 0.889. The Kier molecular flexibility index (Phi) is 4.31. The third kappa shape index (κ3) is 4.04. The van der Waals surface area contributed by atoms with Crippen LogP contribution in [0.2, 0.25) is 0 Å². The Bertz CT molecular complexity index is 198. The van der Waals surface area contributed by atoms with E-state index in [0.717, 1.165) is 24.9 Å². The minimum absolute atomic E-state index is 0.316. The van der Waals surface area contributed by atoms with Gasteiger partial charge in [0.2, 0.25) is 0 Å². The van der Waals surface area contributed by atoms with Crippen LogP contribution >= 0.6 is 0 Å². The van der Waals surface area contributed by atoms with Crippen molar-refractivity contribution in [3.8, 4) is 0 Å². The highest BCUT2D eigenvalue weighted by Crippen LogP contribution is 2.37. The molecule has 2 atom stereocenters.